The molecule has 2 rings (SSSR count). The van der Waals surface area contributed by atoms with Crippen LogP contribution in [0.25, 0.3) is 0 Å². The van der Waals surface area contributed by atoms with Crippen LogP contribution in [0.15, 0.2) is 36.4 Å². The van der Waals surface area contributed by atoms with E-state index in [1.807, 2.05) is 12.1 Å². The van der Waals surface area contributed by atoms with E-state index >= 15 is 0 Å². The molecule has 0 bridgehead atoms. The van der Waals surface area contributed by atoms with Gasteiger partial charge in [0.1, 0.15) is 5.75 Å². The summed E-state index contributed by atoms with van der Waals surface area (Å²) >= 11 is 0. The number of hydrogen-bond donors (Lipinski definition) is 0. The third kappa shape index (κ3) is 3.89. The number of aryl methyl sites for hydroxylation is 4. The number of ether oxygens (including phenoxy) is 1. The van der Waals surface area contributed by atoms with Crippen molar-refractivity contribution < 1.29 is 4.74 Å². The van der Waals surface area contributed by atoms with E-state index in [1.165, 1.54) is 11.1 Å². The number of hydrogen-bond acceptors (Lipinski definition) is 2. The minimum atomic E-state index is -0.119. The van der Waals surface area contributed by atoms with Crippen molar-refractivity contribution >= 4 is 0 Å². The van der Waals surface area contributed by atoms with Crippen molar-refractivity contribution in [3.8, 4) is 11.8 Å². The Morgan fingerprint density at radius 3 is 2.09 bits per heavy atom. The van der Waals surface area contributed by atoms with Crippen LogP contribution >= 0.6 is 0 Å². The summed E-state index contributed by atoms with van der Waals surface area (Å²) in [5, 5.41) is 9.39. The topological polar surface area (TPSA) is 33.0 Å². The van der Waals surface area contributed by atoms with Crippen molar-refractivity contribution in [1.82, 2.24) is 0 Å². The maximum absolute atomic E-state index is 9.39. The molecule has 0 aliphatic rings. The summed E-state index contributed by atoms with van der Waals surface area (Å²) in [6.45, 7) is 8.83. The first kappa shape index (κ1) is 16.1. The molecular weight excluding hydrogens is 270 g/mol. The first-order valence-corrected chi connectivity index (χ1v) is 7.68. The van der Waals surface area contributed by atoms with Gasteiger partial charge in [0.15, 0.2) is 0 Å². The van der Waals surface area contributed by atoms with E-state index in [9.17, 15) is 5.26 Å². The molecule has 0 aliphatic heterocycles. The highest BCUT2D eigenvalue weighted by atomic mass is 16.5. The van der Waals surface area contributed by atoms with Gasteiger partial charge < -0.3 is 4.74 Å². The van der Waals surface area contributed by atoms with Gasteiger partial charge in [-0.1, -0.05) is 47.5 Å². The first-order valence-electron chi connectivity index (χ1n) is 7.68. The summed E-state index contributed by atoms with van der Waals surface area (Å²) in [7, 11) is 0. The van der Waals surface area contributed by atoms with Gasteiger partial charge in [0, 0.05) is 6.42 Å². The van der Waals surface area contributed by atoms with Crippen molar-refractivity contribution in [3.63, 3.8) is 0 Å². The van der Waals surface area contributed by atoms with Crippen LogP contribution in [0.5, 0.6) is 5.75 Å². The lowest BCUT2D eigenvalue weighted by Gasteiger charge is -2.15. The molecule has 0 heterocycles. The molecule has 1 unspecified atom stereocenters. The maximum atomic E-state index is 9.39. The summed E-state index contributed by atoms with van der Waals surface area (Å²) in [5.41, 5.74) is 5.83. The van der Waals surface area contributed by atoms with E-state index in [0.717, 1.165) is 22.4 Å². The predicted molar refractivity (Wildman–Crippen MR) is 90.3 cm³/mol. The molecule has 22 heavy (non-hydrogen) atoms. The molecule has 0 saturated heterocycles. The summed E-state index contributed by atoms with van der Waals surface area (Å²) in [6, 6.07) is 14.8. The summed E-state index contributed by atoms with van der Waals surface area (Å²) < 4.78 is 5.95. The molecule has 2 heteroatoms. The van der Waals surface area contributed by atoms with Gasteiger partial charge in [0.2, 0.25) is 0 Å². The highest BCUT2D eigenvalue weighted by Gasteiger charge is 2.12. The van der Waals surface area contributed by atoms with E-state index in [1.54, 1.807) is 0 Å². The number of rotatable bonds is 5. The van der Waals surface area contributed by atoms with E-state index < -0.39 is 0 Å². The van der Waals surface area contributed by atoms with Crippen molar-refractivity contribution in [2.45, 2.75) is 40.0 Å². The minimum absolute atomic E-state index is 0.119. The average Bonchev–Trinajstić information content (AvgIpc) is 2.47. The van der Waals surface area contributed by atoms with Gasteiger partial charge in [-0.05, 0) is 44.4 Å². The van der Waals surface area contributed by atoms with Gasteiger partial charge >= 0.3 is 0 Å². The van der Waals surface area contributed by atoms with Crippen LogP contribution in [-0.2, 0) is 0 Å². The van der Waals surface area contributed by atoms with E-state index in [0.29, 0.717) is 13.0 Å². The Bertz CT molecular complexity index is 657. The second-order valence-electron chi connectivity index (χ2n) is 5.96. The fourth-order valence-corrected chi connectivity index (χ4v) is 2.78. The molecule has 0 aliphatic carbocycles. The molecule has 0 radical (unpaired) electrons. The van der Waals surface area contributed by atoms with Gasteiger partial charge in [0.25, 0.3) is 0 Å². The summed E-state index contributed by atoms with van der Waals surface area (Å²) in [5.74, 6) is 0.831. The normalized spacial score (nSPS) is 11.8. The van der Waals surface area contributed by atoms with Crippen molar-refractivity contribution in [2.75, 3.05) is 6.61 Å². The molecule has 0 amide bonds. The first-order chi connectivity index (χ1) is 10.5. The van der Waals surface area contributed by atoms with Crippen LogP contribution < -0.4 is 4.74 Å². The van der Waals surface area contributed by atoms with Crippen LogP contribution in [0.1, 0.15) is 40.2 Å². The summed E-state index contributed by atoms with van der Waals surface area (Å²) in [6.07, 6.45) is 0.701. The monoisotopic (exact) mass is 293 g/mol. The highest BCUT2D eigenvalue weighted by Crippen LogP contribution is 2.26. The Kier molecular flexibility index (Phi) is 5.22. The van der Waals surface area contributed by atoms with Crippen LogP contribution in [-0.4, -0.2) is 6.61 Å². The lowest BCUT2D eigenvalue weighted by Crippen LogP contribution is -2.06. The fraction of sp³-hybridized carbons (Fsp3) is 0.350. The number of benzene rings is 2. The second-order valence-corrected chi connectivity index (χ2v) is 5.96. The third-order valence-corrected chi connectivity index (χ3v) is 3.89. The minimum Gasteiger partial charge on any atom is -0.493 e. The molecular formula is C20H23NO. The predicted octanol–water partition coefficient (Wildman–Crippen LogP) is 5.00. The van der Waals surface area contributed by atoms with Crippen molar-refractivity contribution in [1.29, 1.82) is 5.26 Å². The Balaban J connectivity index is 2.01. The fourth-order valence-electron chi connectivity index (χ4n) is 2.78. The van der Waals surface area contributed by atoms with Crippen molar-refractivity contribution in [3.05, 3.63) is 64.2 Å². The van der Waals surface area contributed by atoms with E-state index in [2.05, 4.69) is 58.0 Å². The zero-order valence-corrected chi connectivity index (χ0v) is 13.8. The molecule has 0 fully saturated rings. The molecule has 114 valence electrons. The third-order valence-electron chi connectivity index (χ3n) is 3.89. The van der Waals surface area contributed by atoms with Gasteiger partial charge in [-0.3, -0.25) is 0 Å². The smallest absolute Gasteiger partial charge is 0.125 e. The zero-order valence-electron chi connectivity index (χ0n) is 13.8. The van der Waals surface area contributed by atoms with Crippen LogP contribution in [0, 0.1) is 39.0 Å². The molecule has 0 saturated carbocycles. The average molecular weight is 293 g/mol. The largest absolute Gasteiger partial charge is 0.493 e. The van der Waals surface area contributed by atoms with Crippen molar-refractivity contribution in [2.24, 2.45) is 0 Å². The lowest BCUT2D eigenvalue weighted by molar-refractivity contribution is 0.302. The van der Waals surface area contributed by atoms with E-state index in [4.69, 9.17) is 4.74 Å². The molecule has 0 N–H and O–H groups in total. The number of nitrogens with zero attached hydrogens (tertiary/aromatic N) is 1. The molecule has 2 nitrogen and oxygen atoms in total. The van der Waals surface area contributed by atoms with Crippen LogP contribution in [0.3, 0.4) is 0 Å². The van der Waals surface area contributed by atoms with Crippen LogP contribution in [0.4, 0.5) is 0 Å². The Morgan fingerprint density at radius 1 is 0.955 bits per heavy atom. The van der Waals surface area contributed by atoms with Gasteiger partial charge in [-0.25, -0.2) is 0 Å². The van der Waals surface area contributed by atoms with Crippen LogP contribution in [0.2, 0.25) is 0 Å². The zero-order chi connectivity index (χ0) is 16.1. The molecule has 0 aromatic heterocycles. The molecule has 0 spiro atoms. The Hall–Kier alpha value is -2.27. The SMILES string of the molecule is Cc1ccc(C(C#N)CCOc2c(C)cc(C)cc2C)cc1. The Morgan fingerprint density at radius 2 is 1.55 bits per heavy atom. The molecule has 1 atom stereocenters. The summed E-state index contributed by atoms with van der Waals surface area (Å²) in [4.78, 5) is 0. The maximum Gasteiger partial charge on any atom is 0.125 e. The quantitative estimate of drug-likeness (QED) is 0.777. The second kappa shape index (κ2) is 7.13. The molecule has 2 aromatic rings. The Labute approximate surface area is 133 Å². The standard InChI is InChI=1S/C20H23NO/c1-14-5-7-18(8-6-14)19(13-21)9-10-22-20-16(3)11-15(2)12-17(20)4/h5-8,11-12,19H,9-10H2,1-4H3. The van der Waals surface area contributed by atoms with Gasteiger partial charge in [-0.2, -0.15) is 5.26 Å². The van der Waals surface area contributed by atoms with Gasteiger partial charge in [-0.15, -0.1) is 0 Å². The van der Waals surface area contributed by atoms with E-state index in [-0.39, 0.29) is 5.92 Å². The van der Waals surface area contributed by atoms with Gasteiger partial charge in [0.05, 0.1) is 18.6 Å². The lowest BCUT2D eigenvalue weighted by atomic mass is 9.97. The highest BCUT2D eigenvalue weighted by molar-refractivity contribution is 5.43. The number of nitriles is 1. The molecule has 2 aromatic carbocycles.